The molecule has 20 heavy (non-hydrogen) atoms. The number of carbonyl (C=O) groups is 2. The first kappa shape index (κ1) is 16.1. The molecule has 0 aliphatic heterocycles. The smallest absolute Gasteiger partial charge is 0.307 e. The molecule has 1 rings (SSSR count). The molecule has 0 aliphatic carbocycles. The van der Waals surface area contributed by atoms with Crippen LogP contribution in [-0.4, -0.2) is 37.0 Å². The average Bonchev–Trinajstić information content (AvgIpc) is 2.41. The molecule has 5 heteroatoms. The zero-order valence-electron chi connectivity index (χ0n) is 12.1. The summed E-state index contributed by atoms with van der Waals surface area (Å²) < 4.78 is 17.8. The third-order valence-electron chi connectivity index (χ3n) is 2.76. The normalized spacial score (nSPS) is 10.4. The van der Waals surface area contributed by atoms with E-state index in [0.29, 0.717) is 6.54 Å². The lowest BCUT2D eigenvalue weighted by Crippen LogP contribution is -2.36. The SMILES string of the molecule is COC(=O)CCN(CC(C)C)C(=O)c1cccc(F)c1. The van der Waals surface area contributed by atoms with Crippen molar-refractivity contribution in [2.75, 3.05) is 20.2 Å². The fourth-order valence-corrected chi connectivity index (χ4v) is 1.85. The Hall–Kier alpha value is -1.91. The lowest BCUT2D eigenvalue weighted by Gasteiger charge is -2.24. The van der Waals surface area contributed by atoms with Gasteiger partial charge in [-0.2, -0.15) is 0 Å². The molecule has 0 bridgehead atoms. The number of nitrogens with zero attached hydrogens (tertiary/aromatic N) is 1. The van der Waals surface area contributed by atoms with E-state index in [2.05, 4.69) is 4.74 Å². The number of benzene rings is 1. The van der Waals surface area contributed by atoms with Crippen LogP contribution in [0.4, 0.5) is 4.39 Å². The minimum atomic E-state index is -0.451. The Kier molecular flexibility index (Phi) is 6.15. The fourth-order valence-electron chi connectivity index (χ4n) is 1.85. The van der Waals surface area contributed by atoms with Gasteiger partial charge in [-0.05, 0) is 24.1 Å². The van der Waals surface area contributed by atoms with Gasteiger partial charge in [0.05, 0.1) is 13.5 Å². The van der Waals surface area contributed by atoms with Crippen LogP contribution in [0.2, 0.25) is 0 Å². The van der Waals surface area contributed by atoms with Gasteiger partial charge in [-0.25, -0.2) is 4.39 Å². The molecule has 0 aromatic heterocycles. The summed E-state index contributed by atoms with van der Waals surface area (Å²) in [5.74, 6) is -0.841. The first-order chi connectivity index (χ1) is 9.43. The first-order valence-corrected chi connectivity index (χ1v) is 6.55. The monoisotopic (exact) mass is 281 g/mol. The summed E-state index contributed by atoms with van der Waals surface area (Å²) in [5, 5.41) is 0. The van der Waals surface area contributed by atoms with E-state index in [1.54, 1.807) is 11.0 Å². The summed E-state index contributed by atoms with van der Waals surface area (Å²) in [6, 6.07) is 5.55. The molecule has 0 spiro atoms. The highest BCUT2D eigenvalue weighted by molar-refractivity contribution is 5.94. The Balaban J connectivity index is 2.81. The second kappa shape index (κ2) is 7.62. The molecule has 0 heterocycles. The second-order valence-electron chi connectivity index (χ2n) is 4.98. The maximum atomic E-state index is 13.2. The van der Waals surface area contributed by atoms with Crippen molar-refractivity contribution in [3.05, 3.63) is 35.6 Å². The van der Waals surface area contributed by atoms with Gasteiger partial charge in [0.1, 0.15) is 5.82 Å². The van der Waals surface area contributed by atoms with Gasteiger partial charge in [0.15, 0.2) is 0 Å². The Morgan fingerprint density at radius 2 is 2.05 bits per heavy atom. The number of halogens is 1. The predicted octanol–water partition coefficient (Wildman–Crippen LogP) is 2.49. The van der Waals surface area contributed by atoms with Gasteiger partial charge in [-0.1, -0.05) is 19.9 Å². The number of rotatable bonds is 6. The molecule has 0 saturated carbocycles. The lowest BCUT2D eigenvalue weighted by atomic mass is 10.1. The van der Waals surface area contributed by atoms with Crippen molar-refractivity contribution in [2.45, 2.75) is 20.3 Å². The number of hydrogen-bond donors (Lipinski definition) is 0. The lowest BCUT2D eigenvalue weighted by molar-refractivity contribution is -0.140. The van der Waals surface area contributed by atoms with Gasteiger partial charge in [0.25, 0.3) is 5.91 Å². The maximum absolute atomic E-state index is 13.2. The number of carbonyl (C=O) groups excluding carboxylic acids is 2. The largest absolute Gasteiger partial charge is 0.469 e. The van der Waals surface area contributed by atoms with Gasteiger partial charge in [-0.3, -0.25) is 9.59 Å². The standard InChI is InChI=1S/C15H20FNO3/c1-11(2)10-17(8-7-14(18)20-3)15(19)12-5-4-6-13(16)9-12/h4-6,9,11H,7-8,10H2,1-3H3. The van der Waals surface area contributed by atoms with Crippen molar-refractivity contribution in [1.29, 1.82) is 0 Å². The topological polar surface area (TPSA) is 46.6 Å². The zero-order valence-corrected chi connectivity index (χ0v) is 12.1. The van der Waals surface area contributed by atoms with Crippen LogP contribution in [0.1, 0.15) is 30.6 Å². The van der Waals surface area contributed by atoms with Crippen molar-refractivity contribution in [2.24, 2.45) is 5.92 Å². The van der Waals surface area contributed by atoms with Crippen LogP contribution < -0.4 is 0 Å². The quantitative estimate of drug-likeness (QED) is 0.753. The summed E-state index contributed by atoms with van der Waals surface area (Å²) in [6.45, 7) is 4.72. The van der Waals surface area contributed by atoms with E-state index in [4.69, 9.17) is 0 Å². The summed E-state index contributed by atoms with van der Waals surface area (Å²) in [7, 11) is 1.31. The van der Waals surface area contributed by atoms with Crippen LogP contribution >= 0.6 is 0 Å². The molecule has 4 nitrogen and oxygen atoms in total. The van der Waals surface area contributed by atoms with Crippen molar-refractivity contribution < 1.29 is 18.7 Å². The average molecular weight is 281 g/mol. The van der Waals surface area contributed by atoms with E-state index in [0.717, 1.165) is 0 Å². The summed E-state index contributed by atoms with van der Waals surface area (Å²) in [6.07, 6.45) is 0.129. The van der Waals surface area contributed by atoms with Crippen LogP contribution in [-0.2, 0) is 9.53 Å². The molecule has 1 amide bonds. The Labute approximate surface area is 118 Å². The second-order valence-corrected chi connectivity index (χ2v) is 4.98. The Morgan fingerprint density at radius 3 is 2.60 bits per heavy atom. The molecule has 1 aromatic carbocycles. The number of esters is 1. The highest BCUT2D eigenvalue weighted by Gasteiger charge is 2.18. The molecule has 0 unspecified atom stereocenters. The van der Waals surface area contributed by atoms with Crippen LogP contribution in [0.15, 0.2) is 24.3 Å². The Morgan fingerprint density at radius 1 is 1.35 bits per heavy atom. The molecule has 0 saturated heterocycles. The van der Waals surface area contributed by atoms with Gasteiger partial charge in [0.2, 0.25) is 0 Å². The van der Waals surface area contributed by atoms with E-state index in [9.17, 15) is 14.0 Å². The minimum absolute atomic E-state index is 0.129. The molecular weight excluding hydrogens is 261 g/mol. The van der Waals surface area contributed by atoms with Crippen LogP contribution in [0.25, 0.3) is 0 Å². The Bertz CT molecular complexity index is 474. The molecule has 0 radical (unpaired) electrons. The van der Waals surface area contributed by atoms with Crippen molar-refractivity contribution in [3.8, 4) is 0 Å². The molecular formula is C15H20FNO3. The number of ether oxygens (including phenoxy) is 1. The third-order valence-corrected chi connectivity index (χ3v) is 2.76. The number of methoxy groups -OCH3 is 1. The molecule has 0 fully saturated rings. The molecule has 0 atom stereocenters. The third kappa shape index (κ3) is 4.99. The van der Waals surface area contributed by atoms with Gasteiger partial charge < -0.3 is 9.64 Å². The number of amides is 1. The van der Waals surface area contributed by atoms with Gasteiger partial charge >= 0.3 is 5.97 Å². The summed E-state index contributed by atoms with van der Waals surface area (Å²) in [5.41, 5.74) is 0.288. The highest BCUT2D eigenvalue weighted by atomic mass is 19.1. The predicted molar refractivity (Wildman–Crippen MR) is 73.8 cm³/mol. The first-order valence-electron chi connectivity index (χ1n) is 6.55. The zero-order chi connectivity index (χ0) is 15.1. The summed E-state index contributed by atoms with van der Waals surface area (Å²) in [4.78, 5) is 25.1. The highest BCUT2D eigenvalue weighted by Crippen LogP contribution is 2.10. The fraction of sp³-hybridized carbons (Fsp3) is 0.467. The van der Waals surface area contributed by atoms with Crippen molar-refractivity contribution in [3.63, 3.8) is 0 Å². The van der Waals surface area contributed by atoms with Crippen LogP contribution in [0, 0.1) is 11.7 Å². The molecule has 110 valence electrons. The molecule has 0 aliphatic rings. The number of hydrogen-bond acceptors (Lipinski definition) is 3. The van der Waals surface area contributed by atoms with Crippen LogP contribution in [0.5, 0.6) is 0 Å². The van der Waals surface area contributed by atoms with E-state index < -0.39 is 5.82 Å². The van der Waals surface area contributed by atoms with E-state index in [-0.39, 0.29) is 36.3 Å². The molecule has 1 aromatic rings. The van der Waals surface area contributed by atoms with Crippen molar-refractivity contribution >= 4 is 11.9 Å². The van der Waals surface area contributed by atoms with Gasteiger partial charge in [0, 0.05) is 18.7 Å². The van der Waals surface area contributed by atoms with Crippen LogP contribution in [0.3, 0.4) is 0 Å². The van der Waals surface area contributed by atoms with E-state index in [1.807, 2.05) is 13.8 Å². The maximum Gasteiger partial charge on any atom is 0.307 e. The van der Waals surface area contributed by atoms with E-state index in [1.165, 1.54) is 25.3 Å². The van der Waals surface area contributed by atoms with E-state index >= 15 is 0 Å². The molecule has 0 N–H and O–H groups in total. The summed E-state index contributed by atoms with van der Waals surface area (Å²) >= 11 is 0. The van der Waals surface area contributed by atoms with Gasteiger partial charge in [-0.15, -0.1) is 0 Å². The van der Waals surface area contributed by atoms with Crippen molar-refractivity contribution in [1.82, 2.24) is 4.90 Å². The minimum Gasteiger partial charge on any atom is -0.469 e.